The van der Waals surface area contributed by atoms with Crippen LogP contribution in [0.4, 0.5) is 5.69 Å². The zero-order valence-electron chi connectivity index (χ0n) is 18.7. The van der Waals surface area contributed by atoms with Gasteiger partial charge in [0, 0.05) is 22.0 Å². The van der Waals surface area contributed by atoms with Gasteiger partial charge in [-0.2, -0.15) is 0 Å². The Balaban J connectivity index is 1.59. The second-order valence-electron chi connectivity index (χ2n) is 8.06. The van der Waals surface area contributed by atoms with E-state index < -0.39 is 0 Å². The monoisotopic (exact) mass is 476 g/mol. The molecule has 168 valence electrons. The van der Waals surface area contributed by atoms with Gasteiger partial charge in [0.05, 0.1) is 5.75 Å². The Hall–Kier alpha value is -3.09. The number of hydrogen-bond donors (Lipinski definition) is 1. The molecule has 0 aliphatic carbocycles. The maximum absolute atomic E-state index is 12.8. The van der Waals surface area contributed by atoms with Crippen LogP contribution in [-0.2, 0) is 4.79 Å². The van der Waals surface area contributed by atoms with E-state index in [0.29, 0.717) is 21.9 Å². The number of aryl methyl sites for hydroxylation is 1. The van der Waals surface area contributed by atoms with E-state index in [1.165, 1.54) is 17.3 Å². The van der Waals surface area contributed by atoms with Crippen molar-refractivity contribution < 1.29 is 4.79 Å². The zero-order valence-corrected chi connectivity index (χ0v) is 20.3. The Kier molecular flexibility index (Phi) is 7.16. The summed E-state index contributed by atoms with van der Waals surface area (Å²) in [4.78, 5) is 12.8. The van der Waals surface area contributed by atoms with Crippen LogP contribution in [0.5, 0.6) is 0 Å². The summed E-state index contributed by atoms with van der Waals surface area (Å²) in [5.41, 5.74) is 4.96. The van der Waals surface area contributed by atoms with E-state index in [4.69, 9.17) is 11.6 Å². The van der Waals surface area contributed by atoms with Crippen molar-refractivity contribution in [1.82, 2.24) is 14.8 Å². The summed E-state index contributed by atoms with van der Waals surface area (Å²) in [6.07, 6.45) is 0. The lowest BCUT2D eigenvalue weighted by atomic mass is 10.0. The maximum atomic E-state index is 12.8. The number of halogens is 1. The zero-order chi connectivity index (χ0) is 23.4. The third-order valence-corrected chi connectivity index (χ3v) is 6.40. The number of carbonyl (C=O) groups is 1. The number of nitrogens with zero attached hydrogens (tertiary/aromatic N) is 3. The van der Waals surface area contributed by atoms with Crippen molar-refractivity contribution in [2.45, 2.75) is 31.8 Å². The molecule has 0 aliphatic rings. The van der Waals surface area contributed by atoms with Crippen molar-refractivity contribution >= 4 is 35.0 Å². The molecule has 1 aromatic heterocycles. The second-order valence-corrected chi connectivity index (χ2v) is 9.44. The van der Waals surface area contributed by atoms with Gasteiger partial charge < -0.3 is 5.32 Å². The van der Waals surface area contributed by atoms with Gasteiger partial charge in [-0.05, 0) is 48.7 Å². The van der Waals surface area contributed by atoms with E-state index in [9.17, 15) is 4.79 Å². The van der Waals surface area contributed by atoms with Crippen LogP contribution in [0.25, 0.3) is 17.1 Å². The summed E-state index contributed by atoms with van der Waals surface area (Å²) in [5.74, 6) is 1.16. The van der Waals surface area contributed by atoms with Gasteiger partial charge in [0.15, 0.2) is 11.0 Å². The summed E-state index contributed by atoms with van der Waals surface area (Å²) in [5, 5.41) is 13.2. The number of thioether (sulfide) groups is 1. The van der Waals surface area contributed by atoms with Gasteiger partial charge in [0.25, 0.3) is 0 Å². The SMILES string of the molecule is Cc1ccc(-c2nnc(SCC(=O)Nc3ccccc3C(C)C)n2-c2ccc(Cl)cc2)cc1. The highest BCUT2D eigenvalue weighted by molar-refractivity contribution is 7.99. The molecule has 7 heteroatoms. The molecule has 0 saturated carbocycles. The number of rotatable bonds is 7. The molecule has 4 aromatic rings. The molecule has 0 spiro atoms. The highest BCUT2D eigenvalue weighted by Crippen LogP contribution is 2.29. The molecule has 0 bridgehead atoms. The summed E-state index contributed by atoms with van der Waals surface area (Å²) in [7, 11) is 0. The third kappa shape index (κ3) is 5.46. The van der Waals surface area contributed by atoms with Crippen molar-refractivity contribution in [3.63, 3.8) is 0 Å². The van der Waals surface area contributed by atoms with Crippen molar-refractivity contribution in [2.24, 2.45) is 0 Å². The van der Waals surface area contributed by atoms with Crippen LogP contribution in [-0.4, -0.2) is 26.4 Å². The minimum atomic E-state index is -0.0874. The van der Waals surface area contributed by atoms with Crippen LogP contribution in [0.1, 0.15) is 30.9 Å². The van der Waals surface area contributed by atoms with E-state index in [1.54, 1.807) is 0 Å². The molecule has 0 atom stereocenters. The molecule has 1 N–H and O–H groups in total. The first-order valence-corrected chi connectivity index (χ1v) is 12.1. The molecule has 0 fully saturated rings. The molecular weight excluding hydrogens is 452 g/mol. The Morgan fingerprint density at radius 3 is 2.39 bits per heavy atom. The van der Waals surface area contributed by atoms with Crippen molar-refractivity contribution in [3.05, 3.63) is 88.9 Å². The summed E-state index contributed by atoms with van der Waals surface area (Å²) in [6.45, 7) is 6.27. The van der Waals surface area contributed by atoms with Crippen LogP contribution in [0.3, 0.4) is 0 Å². The Bertz CT molecular complexity index is 1250. The number of aromatic nitrogens is 3. The Morgan fingerprint density at radius 1 is 1.00 bits per heavy atom. The number of carbonyl (C=O) groups excluding carboxylic acids is 1. The topological polar surface area (TPSA) is 59.8 Å². The Morgan fingerprint density at radius 2 is 1.70 bits per heavy atom. The summed E-state index contributed by atoms with van der Waals surface area (Å²) < 4.78 is 1.96. The largest absolute Gasteiger partial charge is 0.325 e. The third-order valence-electron chi connectivity index (χ3n) is 5.22. The van der Waals surface area contributed by atoms with Crippen molar-refractivity contribution in [1.29, 1.82) is 0 Å². The highest BCUT2D eigenvalue weighted by atomic mass is 35.5. The number of benzene rings is 3. The van der Waals surface area contributed by atoms with Crippen LogP contribution in [0.15, 0.2) is 78.0 Å². The molecule has 0 radical (unpaired) electrons. The smallest absolute Gasteiger partial charge is 0.234 e. The van der Waals surface area contributed by atoms with Gasteiger partial charge in [0.1, 0.15) is 0 Å². The molecule has 1 heterocycles. The normalized spacial score (nSPS) is 11.1. The molecule has 0 aliphatic heterocycles. The van der Waals surface area contributed by atoms with E-state index >= 15 is 0 Å². The highest BCUT2D eigenvalue weighted by Gasteiger charge is 2.18. The van der Waals surface area contributed by atoms with Gasteiger partial charge in [-0.25, -0.2) is 0 Å². The van der Waals surface area contributed by atoms with Crippen molar-refractivity contribution in [2.75, 3.05) is 11.1 Å². The number of para-hydroxylation sites is 1. The van der Waals surface area contributed by atoms with Gasteiger partial charge in [0.2, 0.25) is 5.91 Å². The fraction of sp³-hybridized carbons (Fsp3) is 0.192. The minimum Gasteiger partial charge on any atom is -0.325 e. The van der Waals surface area contributed by atoms with E-state index in [-0.39, 0.29) is 11.7 Å². The molecule has 3 aromatic carbocycles. The molecular formula is C26H25ClN4OS. The van der Waals surface area contributed by atoms with Gasteiger partial charge in [-0.1, -0.05) is 85.2 Å². The fourth-order valence-electron chi connectivity index (χ4n) is 3.51. The first kappa shape index (κ1) is 23.1. The van der Waals surface area contributed by atoms with Crippen LogP contribution in [0.2, 0.25) is 5.02 Å². The number of amides is 1. The van der Waals surface area contributed by atoms with E-state index in [2.05, 4.69) is 29.4 Å². The molecule has 0 unspecified atom stereocenters. The average Bonchev–Trinajstić information content (AvgIpc) is 3.23. The predicted molar refractivity (Wildman–Crippen MR) is 136 cm³/mol. The lowest BCUT2D eigenvalue weighted by molar-refractivity contribution is -0.113. The minimum absolute atomic E-state index is 0.0874. The number of nitrogens with one attached hydrogen (secondary N) is 1. The molecule has 33 heavy (non-hydrogen) atoms. The Labute approximate surface area is 203 Å². The number of hydrogen-bond acceptors (Lipinski definition) is 4. The number of anilines is 1. The van der Waals surface area contributed by atoms with Gasteiger partial charge in [-0.3, -0.25) is 9.36 Å². The van der Waals surface area contributed by atoms with Gasteiger partial charge >= 0.3 is 0 Å². The van der Waals surface area contributed by atoms with Gasteiger partial charge in [-0.15, -0.1) is 10.2 Å². The van der Waals surface area contributed by atoms with Crippen LogP contribution >= 0.6 is 23.4 Å². The van der Waals surface area contributed by atoms with Crippen LogP contribution in [0, 0.1) is 6.92 Å². The molecule has 4 rings (SSSR count). The summed E-state index contributed by atoms with van der Waals surface area (Å²) >= 11 is 7.45. The lowest BCUT2D eigenvalue weighted by Gasteiger charge is -2.14. The fourth-order valence-corrected chi connectivity index (χ4v) is 4.38. The maximum Gasteiger partial charge on any atom is 0.234 e. The second kappa shape index (κ2) is 10.2. The molecule has 0 saturated heterocycles. The van der Waals surface area contributed by atoms with Crippen LogP contribution < -0.4 is 5.32 Å². The standard InChI is InChI=1S/C26H25ClN4OS/c1-17(2)22-6-4-5-7-23(22)28-24(32)16-33-26-30-29-25(19-10-8-18(3)9-11-19)31(26)21-14-12-20(27)13-15-21/h4-15,17H,16H2,1-3H3,(H,28,32). The molecule has 1 amide bonds. The average molecular weight is 477 g/mol. The first-order chi connectivity index (χ1) is 15.9. The first-order valence-electron chi connectivity index (χ1n) is 10.7. The molecule has 5 nitrogen and oxygen atoms in total. The predicted octanol–water partition coefficient (Wildman–Crippen LogP) is 6.75. The van der Waals surface area contributed by atoms with E-state index in [1.807, 2.05) is 84.3 Å². The van der Waals surface area contributed by atoms with E-state index in [0.717, 1.165) is 22.5 Å². The lowest BCUT2D eigenvalue weighted by Crippen LogP contribution is -2.16. The quantitative estimate of drug-likeness (QED) is 0.300. The summed E-state index contributed by atoms with van der Waals surface area (Å²) in [6, 6.07) is 23.5. The van der Waals surface area contributed by atoms with Crippen molar-refractivity contribution in [3.8, 4) is 17.1 Å².